The Kier molecular flexibility index (Phi) is 2.19. The average molecular weight is 205 g/mol. The van der Waals surface area contributed by atoms with Crippen molar-refractivity contribution in [2.24, 2.45) is 7.05 Å². The Hall–Kier alpha value is -1.84. The summed E-state index contributed by atoms with van der Waals surface area (Å²) in [5.74, 6) is -0.267. The topological polar surface area (TPSA) is 43.8 Å². The van der Waals surface area contributed by atoms with Gasteiger partial charge in [0.2, 0.25) is 0 Å². The Morgan fingerprint density at radius 1 is 1.40 bits per heavy atom. The van der Waals surface area contributed by atoms with Gasteiger partial charge in [0.05, 0.1) is 17.6 Å². The summed E-state index contributed by atoms with van der Waals surface area (Å²) < 4.78 is 14.8. The van der Waals surface area contributed by atoms with E-state index in [1.54, 1.807) is 24.0 Å². The molecule has 0 saturated carbocycles. The molecule has 0 saturated heterocycles. The molecule has 3 nitrogen and oxygen atoms in total. The monoisotopic (exact) mass is 205 g/mol. The molecule has 2 aromatic rings. The molecule has 2 rings (SSSR count). The molecular formula is C11H12FN3. The minimum atomic E-state index is -0.267. The third kappa shape index (κ3) is 1.58. The Balaban J connectivity index is 2.68. The minimum Gasteiger partial charge on any atom is -0.396 e. The van der Waals surface area contributed by atoms with Crippen LogP contribution in [0.3, 0.4) is 0 Å². The Labute approximate surface area is 87.3 Å². The number of aromatic nitrogens is 2. The highest BCUT2D eigenvalue weighted by molar-refractivity contribution is 5.74. The molecule has 0 aliphatic heterocycles. The van der Waals surface area contributed by atoms with Crippen LogP contribution in [0.1, 0.15) is 5.56 Å². The molecule has 0 aliphatic carbocycles. The zero-order valence-corrected chi connectivity index (χ0v) is 8.66. The van der Waals surface area contributed by atoms with Gasteiger partial charge in [0.25, 0.3) is 0 Å². The second-order valence-corrected chi connectivity index (χ2v) is 3.53. The number of hydrogen-bond acceptors (Lipinski definition) is 2. The first-order chi connectivity index (χ1) is 7.09. The van der Waals surface area contributed by atoms with E-state index in [0.717, 1.165) is 16.8 Å². The molecule has 4 heteroatoms. The van der Waals surface area contributed by atoms with Gasteiger partial charge >= 0.3 is 0 Å². The summed E-state index contributed by atoms with van der Waals surface area (Å²) in [6, 6.07) is 4.64. The fraction of sp³-hybridized carbons (Fsp3) is 0.182. The van der Waals surface area contributed by atoms with Crippen LogP contribution in [-0.2, 0) is 7.05 Å². The summed E-state index contributed by atoms with van der Waals surface area (Å²) in [5, 5.41) is 4.03. The molecule has 0 amide bonds. The van der Waals surface area contributed by atoms with E-state index in [1.165, 1.54) is 12.1 Å². The van der Waals surface area contributed by atoms with Gasteiger partial charge < -0.3 is 5.73 Å². The number of benzene rings is 1. The van der Waals surface area contributed by atoms with Crippen LogP contribution in [0.5, 0.6) is 0 Å². The van der Waals surface area contributed by atoms with E-state index >= 15 is 0 Å². The smallest absolute Gasteiger partial charge is 0.123 e. The third-order valence-electron chi connectivity index (χ3n) is 2.42. The van der Waals surface area contributed by atoms with Crippen molar-refractivity contribution in [3.8, 4) is 11.3 Å². The molecule has 0 bridgehead atoms. The Bertz CT molecular complexity index is 483. The predicted molar refractivity (Wildman–Crippen MR) is 57.8 cm³/mol. The van der Waals surface area contributed by atoms with Crippen LogP contribution in [0.15, 0.2) is 24.4 Å². The van der Waals surface area contributed by atoms with Gasteiger partial charge in [0.1, 0.15) is 5.82 Å². The first-order valence-corrected chi connectivity index (χ1v) is 4.63. The number of aryl methyl sites for hydroxylation is 2. The van der Waals surface area contributed by atoms with Gasteiger partial charge in [-0.15, -0.1) is 0 Å². The summed E-state index contributed by atoms with van der Waals surface area (Å²) in [6.07, 6.45) is 1.57. The van der Waals surface area contributed by atoms with Crippen molar-refractivity contribution >= 4 is 5.69 Å². The van der Waals surface area contributed by atoms with Crippen LogP contribution in [0.4, 0.5) is 10.1 Å². The van der Waals surface area contributed by atoms with Gasteiger partial charge in [-0.25, -0.2) is 4.39 Å². The lowest BCUT2D eigenvalue weighted by atomic mass is 10.0. The fourth-order valence-electron chi connectivity index (χ4n) is 1.63. The number of nitrogens with two attached hydrogens (primary N) is 1. The van der Waals surface area contributed by atoms with Crippen molar-refractivity contribution in [2.45, 2.75) is 6.92 Å². The van der Waals surface area contributed by atoms with Crippen LogP contribution >= 0.6 is 0 Å². The van der Waals surface area contributed by atoms with Gasteiger partial charge in [-0.05, 0) is 24.6 Å². The highest BCUT2D eigenvalue weighted by Crippen LogP contribution is 2.28. The van der Waals surface area contributed by atoms with Crippen LogP contribution in [0.25, 0.3) is 11.3 Å². The number of nitrogens with zero attached hydrogens (tertiary/aromatic N) is 2. The molecular weight excluding hydrogens is 193 g/mol. The zero-order valence-electron chi connectivity index (χ0n) is 8.66. The van der Waals surface area contributed by atoms with Crippen molar-refractivity contribution < 1.29 is 4.39 Å². The average Bonchev–Trinajstić information content (AvgIpc) is 2.51. The molecule has 78 valence electrons. The van der Waals surface area contributed by atoms with Gasteiger partial charge in [-0.2, -0.15) is 5.10 Å². The number of rotatable bonds is 1. The van der Waals surface area contributed by atoms with Gasteiger partial charge in [0, 0.05) is 12.6 Å². The van der Waals surface area contributed by atoms with Gasteiger partial charge in [-0.1, -0.05) is 6.07 Å². The zero-order chi connectivity index (χ0) is 11.0. The second-order valence-electron chi connectivity index (χ2n) is 3.53. The highest BCUT2D eigenvalue weighted by Gasteiger charge is 2.11. The summed E-state index contributed by atoms with van der Waals surface area (Å²) in [6.45, 7) is 1.92. The molecule has 0 unspecified atom stereocenters. The van der Waals surface area contributed by atoms with Crippen molar-refractivity contribution in [3.05, 3.63) is 35.8 Å². The number of nitrogen functional groups attached to an aromatic ring is 1. The molecule has 1 heterocycles. The quantitative estimate of drug-likeness (QED) is 0.774. The summed E-state index contributed by atoms with van der Waals surface area (Å²) in [4.78, 5) is 0. The SMILES string of the molecule is Cc1ccc(F)cc1-c1c(N)cnn1C. The molecule has 0 fully saturated rings. The van der Waals surface area contributed by atoms with Crippen molar-refractivity contribution in [2.75, 3.05) is 5.73 Å². The van der Waals surface area contributed by atoms with E-state index in [4.69, 9.17) is 5.73 Å². The molecule has 0 radical (unpaired) electrons. The standard InChI is InChI=1S/C11H12FN3/c1-7-3-4-8(12)5-9(7)11-10(13)6-14-15(11)2/h3-6H,13H2,1-2H3. The van der Waals surface area contributed by atoms with E-state index in [9.17, 15) is 4.39 Å². The largest absolute Gasteiger partial charge is 0.396 e. The molecule has 2 N–H and O–H groups in total. The van der Waals surface area contributed by atoms with Crippen molar-refractivity contribution in [1.82, 2.24) is 9.78 Å². The maximum Gasteiger partial charge on any atom is 0.123 e. The van der Waals surface area contributed by atoms with Gasteiger partial charge in [-0.3, -0.25) is 4.68 Å². The van der Waals surface area contributed by atoms with Gasteiger partial charge in [0.15, 0.2) is 0 Å². The summed E-state index contributed by atoms with van der Waals surface area (Å²) >= 11 is 0. The van der Waals surface area contributed by atoms with E-state index < -0.39 is 0 Å². The van der Waals surface area contributed by atoms with Crippen molar-refractivity contribution in [3.63, 3.8) is 0 Å². The number of halogens is 1. The molecule has 0 atom stereocenters. The lowest BCUT2D eigenvalue weighted by Crippen LogP contribution is -1.98. The first kappa shape index (κ1) is 9.71. The fourth-order valence-corrected chi connectivity index (χ4v) is 1.63. The van der Waals surface area contributed by atoms with E-state index in [-0.39, 0.29) is 5.82 Å². The molecule has 15 heavy (non-hydrogen) atoms. The lowest BCUT2D eigenvalue weighted by molar-refractivity contribution is 0.627. The molecule has 0 spiro atoms. The normalized spacial score (nSPS) is 10.6. The summed E-state index contributed by atoms with van der Waals surface area (Å²) in [5.41, 5.74) is 8.87. The van der Waals surface area contributed by atoms with Crippen molar-refractivity contribution in [1.29, 1.82) is 0 Å². The number of hydrogen-bond donors (Lipinski definition) is 1. The first-order valence-electron chi connectivity index (χ1n) is 4.63. The highest BCUT2D eigenvalue weighted by atomic mass is 19.1. The molecule has 0 aliphatic rings. The maximum atomic E-state index is 13.1. The van der Waals surface area contributed by atoms with Crippen LogP contribution in [-0.4, -0.2) is 9.78 Å². The molecule has 1 aromatic carbocycles. The Morgan fingerprint density at radius 3 is 2.73 bits per heavy atom. The maximum absolute atomic E-state index is 13.1. The molecule has 1 aromatic heterocycles. The summed E-state index contributed by atoms with van der Waals surface area (Å²) in [7, 11) is 1.79. The second kappa shape index (κ2) is 3.38. The van der Waals surface area contributed by atoms with E-state index in [1.807, 2.05) is 6.92 Å². The third-order valence-corrected chi connectivity index (χ3v) is 2.42. The van der Waals surface area contributed by atoms with Crippen LogP contribution < -0.4 is 5.73 Å². The van der Waals surface area contributed by atoms with Crippen LogP contribution in [0.2, 0.25) is 0 Å². The lowest BCUT2D eigenvalue weighted by Gasteiger charge is -2.07. The predicted octanol–water partition coefficient (Wildman–Crippen LogP) is 2.12. The van der Waals surface area contributed by atoms with E-state index in [0.29, 0.717) is 5.69 Å². The Morgan fingerprint density at radius 2 is 2.13 bits per heavy atom. The van der Waals surface area contributed by atoms with E-state index in [2.05, 4.69) is 5.10 Å². The minimum absolute atomic E-state index is 0.267. The van der Waals surface area contributed by atoms with Crippen LogP contribution in [0, 0.1) is 12.7 Å². The number of anilines is 1.